The number of likely N-dealkylation sites (N-methyl/N-ethyl adjacent to an activating group) is 1. The zero-order valence-corrected chi connectivity index (χ0v) is 25.8. The Labute approximate surface area is 238 Å². The van der Waals surface area contributed by atoms with Gasteiger partial charge in [0, 0.05) is 23.8 Å². The Morgan fingerprint density at radius 1 is 0.975 bits per heavy atom. The standard InChI is InChI=1S/C29H53NO10/c1-11-20-29(8,37)24(34)16(4)21(31)14(2)13-28(7,36)25(17(5)22(32)18(6)26(35)39-20)40-27-23(33)19(30(9)10)12-15(3)38-27/h14-20,22-25,27,32-34,36-37H,11-13H2,1-10H3. The summed E-state index contributed by atoms with van der Waals surface area (Å²) in [5.41, 5.74) is -3.68. The molecule has 2 saturated heterocycles. The van der Waals surface area contributed by atoms with Gasteiger partial charge in [-0.3, -0.25) is 9.59 Å². The third kappa shape index (κ3) is 7.42. The Hall–Kier alpha value is -1.18. The third-order valence-corrected chi connectivity index (χ3v) is 9.08. The highest BCUT2D eigenvalue weighted by atomic mass is 16.7. The molecule has 0 amide bonds. The normalized spacial score (nSPS) is 48.5. The molecule has 2 aliphatic heterocycles. The summed E-state index contributed by atoms with van der Waals surface area (Å²) in [6.45, 7) is 12.5. The highest BCUT2D eigenvalue weighted by Crippen LogP contribution is 2.37. The van der Waals surface area contributed by atoms with E-state index in [1.807, 2.05) is 25.9 Å². The molecule has 0 bridgehead atoms. The first kappa shape index (κ1) is 35.0. The number of hydrogen-bond donors (Lipinski definition) is 5. The van der Waals surface area contributed by atoms with E-state index in [1.165, 1.54) is 27.7 Å². The van der Waals surface area contributed by atoms with Crippen LogP contribution < -0.4 is 0 Å². The fourth-order valence-electron chi connectivity index (χ4n) is 6.41. The van der Waals surface area contributed by atoms with Crippen molar-refractivity contribution in [2.75, 3.05) is 14.1 Å². The number of ketones is 1. The van der Waals surface area contributed by atoms with E-state index in [2.05, 4.69) is 0 Å². The molecule has 11 nitrogen and oxygen atoms in total. The molecule has 0 radical (unpaired) electrons. The molecule has 11 heteroatoms. The Bertz CT molecular complexity index is 864. The Balaban J connectivity index is 2.55. The van der Waals surface area contributed by atoms with E-state index in [-0.39, 0.29) is 25.0 Å². The largest absolute Gasteiger partial charge is 0.459 e. The number of Topliss-reactive ketones (excluding diaryl/α,β-unsaturated/α-hetero) is 1. The fraction of sp³-hybridized carbons (Fsp3) is 0.931. The number of esters is 1. The highest BCUT2D eigenvalue weighted by molar-refractivity contribution is 5.83. The van der Waals surface area contributed by atoms with Crippen molar-refractivity contribution in [3.63, 3.8) is 0 Å². The van der Waals surface area contributed by atoms with Gasteiger partial charge in [-0.1, -0.05) is 27.7 Å². The second kappa shape index (κ2) is 13.4. The quantitative estimate of drug-likeness (QED) is 0.302. The predicted octanol–water partition coefficient (Wildman–Crippen LogP) is 0.860. The van der Waals surface area contributed by atoms with Crippen LogP contribution in [0.15, 0.2) is 0 Å². The molecule has 0 aliphatic carbocycles. The topological polar surface area (TPSA) is 166 Å². The number of ether oxygens (including phenoxy) is 3. The summed E-state index contributed by atoms with van der Waals surface area (Å²) >= 11 is 0. The van der Waals surface area contributed by atoms with Crippen LogP contribution in [0.5, 0.6) is 0 Å². The molecule has 234 valence electrons. The lowest BCUT2D eigenvalue weighted by Gasteiger charge is -2.47. The molecule has 0 spiro atoms. The molecule has 5 N–H and O–H groups in total. The first-order valence-electron chi connectivity index (χ1n) is 14.5. The molecule has 0 saturated carbocycles. The minimum atomic E-state index is -1.94. The lowest BCUT2D eigenvalue weighted by atomic mass is 9.74. The summed E-state index contributed by atoms with van der Waals surface area (Å²) in [4.78, 5) is 28.4. The van der Waals surface area contributed by atoms with Crippen LogP contribution >= 0.6 is 0 Å². The predicted molar refractivity (Wildman–Crippen MR) is 147 cm³/mol. The van der Waals surface area contributed by atoms with Gasteiger partial charge in [-0.15, -0.1) is 0 Å². The van der Waals surface area contributed by atoms with Gasteiger partial charge in [0.25, 0.3) is 0 Å². The van der Waals surface area contributed by atoms with Gasteiger partial charge in [0.15, 0.2) is 6.29 Å². The minimum Gasteiger partial charge on any atom is -0.459 e. The average Bonchev–Trinajstić information content (AvgIpc) is 2.87. The maximum Gasteiger partial charge on any atom is 0.311 e. The number of rotatable bonds is 4. The fourth-order valence-corrected chi connectivity index (χ4v) is 6.41. The van der Waals surface area contributed by atoms with E-state index in [0.717, 1.165) is 0 Å². The van der Waals surface area contributed by atoms with Crippen LogP contribution in [0.4, 0.5) is 0 Å². The number of nitrogens with zero attached hydrogens (tertiary/aromatic N) is 1. The molecule has 2 rings (SSSR count). The van der Waals surface area contributed by atoms with Gasteiger partial charge < -0.3 is 44.6 Å². The van der Waals surface area contributed by atoms with Gasteiger partial charge in [0.2, 0.25) is 0 Å². The van der Waals surface area contributed by atoms with Crippen LogP contribution in [0.1, 0.15) is 74.7 Å². The summed E-state index contributed by atoms with van der Waals surface area (Å²) < 4.78 is 17.8. The smallest absolute Gasteiger partial charge is 0.311 e. The Kier molecular flexibility index (Phi) is 11.7. The number of hydrogen-bond acceptors (Lipinski definition) is 11. The van der Waals surface area contributed by atoms with Gasteiger partial charge in [0.05, 0.1) is 35.9 Å². The first-order chi connectivity index (χ1) is 18.3. The lowest BCUT2D eigenvalue weighted by molar-refractivity contribution is -0.299. The van der Waals surface area contributed by atoms with E-state index in [0.29, 0.717) is 6.42 Å². The van der Waals surface area contributed by atoms with Crippen molar-refractivity contribution in [2.45, 2.75) is 135 Å². The van der Waals surface area contributed by atoms with Crippen LogP contribution in [0.3, 0.4) is 0 Å². The van der Waals surface area contributed by atoms with Crippen LogP contribution in [-0.2, 0) is 23.8 Å². The first-order valence-corrected chi connectivity index (χ1v) is 14.5. The molecule has 0 aromatic carbocycles. The van der Waals surface area contributed by atoms with Crippen LogP contribution in [0.2, 0.25) is 0 Å². The molecule has 2 aliphatic rings. The van der Waals surface area contributed by atoms with Gasteiger partial charge in [-0.25, -0.2) is 0 Å². The zero-order chi connectivity index (χ0) is 30.9. The van der Waals surface area contributed by atoms with Gasteiger partial charge in [0.1, 0.15) is 23.6 Å². The van der Waals surface area contributed by atoms with Gasteiger partial charge >= 0.3 is 5.97 Å². The highest BCUT2D eigenvalue weighted by Gasteiger charge is 2.51. The van der Waals surface area contributed by atoms with E-state index < -0.39 is 83.4 Å². The third-order valence-electron chi connectivity index (χ3n) is 9.08. The van der Waals surface area contributed by atoms with Crippen LogP contribution in [-0.4, -0.2) is 116 Å². The van der Waals surface area contributed by atoms with Crippen molar-refractivity contribution >= 4 is 11.8 Å². The van der Waals surface area contributed by atoms with E-state index in [1.54, 1.807) is 20.8 Å². The molecular formula is C29H53NO10. The van der Waals surface area contributed by atoms with E-state index >= 15 is 0 Å². The molecule has 2 heterocycles. The molecule has 0 aromatic rings. The number of carbonyl (C=O) groups is 2. The lowest BCUT2D eigenvalue weighted by Crippen LogP contribution is -2.60. The summed E-state index contributed by atoms with van der Waals surface area (Å²) in [5.74, 6) is -5.00. The minimum absolute atomic E-state index is 0.113. The Morgan fingerprint density at radius 2 is 1.55 bits per heavy atom. The van der Waals surface area contributed by atoms with Gasteiger partial charge in [-0.2, -0.15) is 0 Å². The van der Waals surface area contributed by atoms with Crippen molar-refractivity contribution in [1.82, 2.24) is 4.90 Å². The molecule has 14 unspecified atom stereocenters. The molecular weight excluding hydrogens is 522 g/mol. The number of cyclic esters (lactones) is 1. The van der Waals surface area contributed by atoms with Crippen LogP contribution in [0.25, 0.3) is 0 Å². The Morgan fingerprint density at radius 3 is 2.08 bits per heavy atom. The average molecular weight is 576 g/mol. The summed E-state index contributed by atoms with van der Waals surface area (Å²) in [6.07, 6.45) is -7.11. The molecule has 14 atom stereocenters. The maximum absolute atomic E-state index is 13.4. The summed E-state index contributed by atoms with van der Waals surface area (Å²) in [6, 6.07) is -0.284. The zero-order valence-electron chi connectivity index (χ0n) is 25.8. The summed E-state index contributed by atoms with van der Waals surface area (Å²) in [5, 5.41) is 56.4. The van der Waals surface area contributed by atoms with Crippen molar-refractivity contribution in [2.24, 2.45) is 23.7 Å². The molecule has 0 aromatic heterocycles. The monoisotopic (exact) mass is 575 g/mol. The van der Waals surface area contributed by atoms with E-state index in [4.69, 9.17) is 14.2 Å². The van der Waals surface area contributed by atoms with Crippen molar-refractivity contribution in [1.29, 1.82) is 0 Å². The molecule has 40 heavy (non-hydrogen) atoms. The molecule has 2 fully saturated rings. The SMILES string of the molecule is CCC1OC(=O)C(C)C(O)C(C)C(OC2OC(C)CC(N(C)C)C2O)C(C)(O)CC(C)C(=O)C(C)C(O)C1(C)O. The number of aliphatic hydroxyl groups is 5. The van der Waals surface area contributed by atoms with Crippen molar-refractivity contribution < 1.29 is 49.3 Å². The van der Waals surface area contributed by atoms with Crippen LogP contribution in [0, 0.1) is 23.7 Å². The number of aliphatic hydroxyl groups excluding tert-OH is 3. The second-order valence-electron chi connectivity index (χ2n) is 12.9. The van der Waals surface area contributed by atoms with E-state index in [9.17, 15) is 35.1 Å². The second-order valence-corrected chi connectivity index (χ2v) is 12.9. The van der Waals surface area contributed by atoms with Crippen molar-refractivity contribution in [3.05, 3.63) is 0 Å². The van der Waals surface area contributed by atoms with Crippen molar-refractivity contribution in [3.8, 4) is 0 Å². The maximum atomic E-state index is 13.4. The summed E-state index contributed by atoms with van der Waals surface area (Å²) in [7, 11) is 3.67. The number of carbonyl (C=O) groups excluding carboxylic acids is 2. The van der Waals surface area contributed by atoms with Gasteiger partial charge in [-0.05, 0) is 61.1 Å².